The fraction of sp³-hybridized carbons (Fsp3) is 0.857. The highest BCUT2D eigenvalue weighted by Crippen LogP contribution is 2.57. The Morgan fingerprint density at radius 3 is 2.05 bits per heavy atom. The first-order valence-electron chi connectivity index (χ1n) is 7.09. The van der Waals surface area contributed by atoms with Crippen LogP contribution in [0, 0.1) is 11.8 Å². The molecular formula is C14H22N2O3. The molecule has 2 N–H and O–H groups in total. The number of carbonyl (C=O) groups is 2. The molecule has 2 amide bonds. The molecule has 19 heavy (non-hydrogen) atoms. The topological polar surface area (TPSA) is 67.4 Å². The Kier molecular flexibility index (Phi) is 2.76. The lowest BCUT2D eigenvalue weighted by Gasteiger charge is -2.61. The molecule has 0 aromatic heterocycles. The zero-order chi connectivity index (χ0) is 13.7. The van der Waals surface area contributed by atoms with Crippen molar-refractivity contribution in [1.82, 2.24) is 10.6 Å². The minimum atomic E-state index is -0.347. The highest BCUT2D eigenvalue weighted by Gasteiger charge is 2.58. The molecule has 106 valence electrons. The summed E-state index contributed by atoms with van der Waals surface area (Å²) < 4.78 is 4.77. The fourth-order valence-electron chi connectivity index (χ4n) is 5.20. The van der Waals surface area contributed by atoms with E-state index in [2.05, 4.69) is 10.6 Å². The van der Waals surface area contributed by atoms with Crippen LogP contribution in [0.5, 0.6) is 0 Å². The minimum absolute atomic E-state index is 0.0372. The van der Waals surface area contributed by atoms with Gasteiger partial charge >= 0.3 is 6.09 Å². The van der Waals surface area contributed by atoms with Crippen LogP contribution in [0.2, 0.25) is 0 Å². The van der Waals surface area contributed by atoms with E-state index in [9.17, 15) is 9.59 Å². The summed E-state index contributed by atoms with van der Waals surface area (Å²) in [5.74, 6) is 1.27. The van der Waals surface area contributed by atoms with E-state index in [-0.39, 0.29) is 23.1 Å². The Bertz CT molecular complexity index is 407. The van der Waals surface area contributed by atoms with E-state index in [1.165, 1.54) is 13.5 Å². The van der Waals surface area contributed by atoms with Crippen molar-refractivity contribution in [2.24, 2.45) is 11.8 Å². The molecule has 5 heteroatoms. The number of alkyl carbamates (subject to hydrolysis) is 1. The molecule has 0 saturated heterocycles. The molecule has 0 heterocycles. The molecule has 4 rings (SSSR count). The maximum Gasteiger partial charge on any atom is 0.407 e. The Balaban J connectivity index is 1.84. The fourth-order valence-corrected chi connectivity index (χ4v) is 5.20. The van der Waals surface area contributed by atoms with Gasteiger partial charge in [-0.1, -0.05) is 0 Å². The van der Waals surface area contributed by atoms with E-state index in [1.807, 2.05) is 0 Å². The second kappa shape index (κ2) is 4.12. The van der Waals surface area contributed by atoms with Crippen molar-refractivity contribution in [3.05, 3.63) is 0 Å². The van der Waals surface area contributed by atoms with Gasteiger partial charge in [0.25, 0.3) is 0 Å². The standard InChI is InChI=1S/C14H22N2O3/c1-9(17)15-13-4-10-3-11(5-13)7-14(6-10,8-13)16-12(18)19-2/h10-11H,3-8H2,1-2H3,(H,15,17)(H,16,18). The lowest BCUT2D eigenvalue weighted by Crippen LogP contribution is -2.69. The molecule has 0 radical (unpaired) electrons. The van der Waals surface area contributed by atoms with E-state index in [4.69, 9.17) is 4.74 Å². The second-order valence-corrected chi connectivity index (χ2v) is 6.82. The summed E-state index contributed by atoms with van der Waals surface area (Å²) in [4.78, 5) is 23.1. The number of amides is 2. The van der Waals surface area contributed by atoms with Crippen LogP contribution in [0.3, 0.4) is 0 Å². The van der Waals surface area contributed by atoms with Gasteiger partial charge in [-0.3, -0.25) is 4.79 Å². The zero-order valence-corrected chi connectivity index (χ0v) is 11.6. The van der Waals surface area contributed by atoms with Crippen molar-refractivity contribution in [2.45, 2.75) is 56.5 Å². The number of methoxy groups -OCH3 is 1. The van der Waals surface area contributed by atoms with E-state index >= 15 is 0 Å². The van der Waals surface area contributed by atoms with E-state index in [0.717, 1.165) is 32.1 Å². The van der Waals surface area contributed by atoms with Crippen LogP contribution in [0.25, 0.3) is 0 Å². The molecule has 4 aliphatic rings. The van der Waals surface area contributed by atoms with Crippen molar-refractivity contribution in [2.75, 3.05) is 7.11 Å². The highest BCUT2D eigenvalue weighted by atomic mass is 16.5. The smallest absolute Gasteiger partial charge is 0.407 e. The van der Waals surface area contributed by atoms with Gasteiger partial charge in [0.05, 0.1) is 7.11 Å². The molecule has 4 fully saturated rings. The summed E-state index contributed by atoms with van der Waals surface area (Å²) in [6.45, 7) is 1.58. The molecule has 4 saturated carbocycles. The zero-order valence-electron chi connectivity index (χ0n) is 11.6. The quantitative estimate of drug-likeness (QED) is 0.797. The van der Waals surface area contributed by atoms with E-state index in [0.29, 0.717) is 11.8 Å². The van der Waals surface area contributed by atoms with Gasteiger partial charge in [0.15, 0.2) is 0 Å². The summed E-state index contributed by atoms with van der Waals surface area (Å²) in [5, 5.41) is 6.23. The predicted octanol–water partition coefficient (Wildman–Crippen LogP) is 1.57. The van der Waals surface area contributed by atoms with Crippen LogP contribution in [-0.2, 0) is 9.53 Å². The monoisotopic (exact) mass is 266 g/mol. The lowest BCUT2D eigenvalue weighted by molar-refractivity contribution is -0.125. The number of ether oxygens (including phenoxy) is 1. The van der Waals surface area contributed by atoms with Gasteiger partial charge < -0.3 is 15.4 Å². The Hall–Kier alpha value is -1.26. The number of carbonyl (C=O) groups excluding carboxylic acids is 2. The molecule has 4 bridgehead atoms. The molecule has 4 aliphatic carbocycles. The maximum atomic E-state index is 11.6. The third-order valence-corrected chi connectivity index (χ3v) is 5.05. The van der Waals surface area contributed by atoms with Crippen LogP contribution in [-0.4, -0.2) is 30.2 Å². The van der Waals surface area contributed by atoms with Gasteiger partial charge in [-0.25, -0.2) is 4.79 Å². The Morgan fingerprint density at radius 2 is 1.58 bits per heavy atom. The highest BCUT2D eigenvalue weighted by molar-refractivity contribution is 5.74. The van der Waals surface area contributed by atoms with Gasteiger partial charge in [-0.15, -0.1) is 0 Å². The first-order chi connectivity index (χ1) is 8.94. The largest absolute Gasteiger partial charge is 0.453 e. The van der Waals surface area contributed by atoms with Crippen LogP contribution in [0.15, 0.2) is 0 Å². The molecule has 0 spiro atoms. The number of hydrogen-bond acceptors (Lipinski definition) is 3. The molecular weight excluding hydrogens is 244 g/mol. The lowest BCUT2D eigenvalue weighted by atomic mass is 9.50. The van der Waals surface area contributed by atoms with E-state index < -0.39 is 0 Å². The van der Waals surface area contributed by atoms with Crippen molar-refractivity contribution in [3.8, 4) is 0 Å². The second-order valence-electron chi connectivity index (χ2n) is 6.82. The number of nitrogens with one attached hydrogen (secondary N) is 2. The summed E-state index contributed by atoms with van der Waals surface area (Å²) >= 11 is 0. The van der Waals surface area contributed by atoms with Gasteiger partial charge in [-0.2, -0.15) is 0 Å². The Morgan fingerprint density at radius 1 is 1.05 bits per heavy atom. The maximum absolute atomic E-state index is 11.6. The van der Waals surface area contributed by atoms with Crippen LogP contribution >= 0.6 is 0 Å². The summed E-state index contributed by atoms with van der Waals surface area (Å²) in [6.07, 6.45) is 5.93. The number of rotatable bonds is 2. The summed E-state index contributed by atoms with van der Waals surface area (Å²) in [7, 11) is 1.40. The van der Waals surface area contributed by atoms with Gasteiger partial charge in [0, 0.05) is 18.0 Å². The van der Waals surface area contributed by atoms with Crippen LogP contribution in [0.4, 0.5) is 4.79 Å². The normalized spacial score (nSPS) is 42.8. The van der Waals surface area contributed by atoms with Crippen molar-refractivity contribution >= 4 is 12.0 Å². The summed E-state index contributed by atoms with van der Waals surface area (Å²) in [6, 6.07) is 0. The molecule has 0 aliphatic heterocycles. The van der Waals surface area contributed by atoms with Gasteiger partial charge in [0.2, 0.25) is 5.91 Å². The minimum Gasteiger partial charge on any atom is -0.453 e. The SMILES string of the molecule is COC(=O)NC12CC3CC(CC(NC(C)=O)(C3)C1)C2. The average Bonchev–Trinajstić information content (AvgIpc) is 2.24. The third-order valence-electron chi connectivity index (χ3n) is 5.05. The first-order valence-corrected chi connectivity index (χ1v) is 7.09. The van der Waals surface area contributed by atoms with Crippen LogP contribution < -0.4 is 10.6 Å². The third kappa shape index (κ3) is 2.19. The molecule has 0 aromatic rings. The average molecular weight is 266 g/mol. The van der Waals surface area contributed by atoms with Crippen LogP contribution in [0.1, 0.15) is 45.4 Å². The molecule has 2 atom stereocenters. The van der Waals surface area contributed by atoms with Gasteiger partial charge in [0.1, 0.15) is 0 Å². The predicted molar refractivity (Wildman–Crippen MR) is 69.5 cm³/mol. The van der Waals surface area contributed by atoms with Crippen molar-refractivity contribution < 1.29 is 14.3 Å². The Labute approximate surface area is 113 Å². The summed E-state index contributed by atoms with van der Waals surface area (Å²) in [5.41, 5.74) is -0.267. The molecule has 5 nitrogen and oxygen atoms in total. The molecule has 0 aromatic carbocycles. The van der Waals surface area contributed by atoms with E-state index in [1.54, 1.807) is 6.92 Å². The van der Waals surface area contributed by atoms with Crippen molar-refractivity contribution in [3.63, 3.8) is 0 Å². The van der Waals surface area contributed by atoms with Gasteiger partial charge in [-0.05, 0) is 50.4 Å². The molecule has 2 unspecified atom stereocenters. The van der Waals surface area contributed by atoms with Crippen molar-refractivity contribution in [1.29, 1.82) is 0 Å². The first kappa shape index (κ1) is 12.8. The number of hydrogen-bond donors (Lipinski definition) is 2.